The molecule has 0 unspecified atom stereocenters. The van der Waals surface area contributed by atoms with Crippen LogP contribution in [0.15, 0.2) is 51.7 Å². The van der Waals surface area contributed by atoms with E-state index in [0.717, 1.165) is 25.2 Å². The fraction of sp³-hybridized carbons (Fsp3) is 0.486. The molecule has 0 saturated carbocycles. The van der Waals surface area contributed by atoms with Crippen molar-refractivity contribution in [1.82, 2.24) is 14.5 Å². The van der Waals surface area contributed by atoms with Crippen molar-refractivity contribution >= 4 is 39.6 Å². The zero-order valence-corrected chi connectivity index (χ0v) is 26.9. The molecule has 0 aliphatic rings. The van der Waals surface area contributed by atoms with Crippen LogP contribution in [0.4, 0.5) is 5.69 Å². The van der Waals surface area contributed by atoms with Gasteiger partial charge >= 0.3 is 5.69 Å². The molecule has 2 aromatic heterocycles. The number of unbranched alkanes of at least 4 members (excludes halogenated alkanes) is 10. The Kier molecular flexibility index (Phi) is 12.6. The molecule has 236 valence electrons. The van der Waals surface area contributed by atoms with Crippen molar-refractivity contribution in [3.8, 4) is 5.88 Å². The molecule has 0 aliphatic carbocycles. The molecule has 0 amide bonds. The maximum atomic E-state index is 12.1. The number of H-pyrrole nitrogens is 2. The molecule has 7 nitrogen and oxygen atoms in total. The minimum atomic E-state index is -0.747. The second kappa shape index (κ2) is 16.8. The highest BCUT2D eigenvalue weighted by Gasteiger charge is 2.14. The summed E-state index contributed by atoms with van der Waals surface area (Å²) in [6, 6.07) is 13.3. The smallest absolute Gasteiger partial charge is 0.328 e. The van der Waals surface area contributed by atoms with Crippen LogP contribution in [0.5, 0.6) is 5.88 Å². The molecule has 4 aromatic rings. The molecule has 0 fully saturated rings. The lowest BCUT2D eigenvalue weighted by Crippen LogP contribution is -2.25. The number of rotatable bonds is 18. The van der Waals surface area contributed by atoms with Crippen LogP contribution in [-0.2, 0) is 6.54 Å². The molecule has 2 heterocycles. The molecule has 7 heteroatoms. The molecule has 2 aromatic carbocycles. The van der Waals surface area contributed by atoms with Crippen molar-refractivity contribution in [2.75, 3.05) is 18.0 Å². The number of benzene rings is 2. The van der Waals surface area contributed by atoms with Gasteiger partial charge in [-0.1, -0.05) is 84.1 Å². The van der Waals surface area contributed by atoms with E-state index in [2.05, 4.69) is 76.3 Å². The lowest BCUT2D eigenvalue weighted by Gasteiger charge is -2.25. The van der Waals surface area contributed by atoms with Gasteiger partial charge in [-0.05, 0) is 67.8 Å². The summed E-state index contributed by atoms with van der Waals surface area (Å²) < 4.78 is 2.36. The van der Waals surface area contributed by atoms with Gasteiger partial charge in [0, 0.05) is 47.1 Å². The summed E-state index contributed by atoms with van der Waals surface area (Å²) >= 11 is 0. The van der Waals surface area contributed by atoms with Crippen LogP contribution < -0.4 is 16.1 Å². The molecule has 44 heavy (non-hydrogen) atoms. The first-order valence-electron chi connectivity index (χ1n) is 16.8. The van der Waals surface area contributed by atoms with Crippen LogP contribution in [0.25, 0.3) is 34.0 Å². The monoisotopic (exact) mass is 598 g/mol. The zero-order valence-electron chi connectivity index (χ0n) is 26.9. The first-order chi connectivity index (χ1) is 21.5. The number of nitrogens with one attached hydrogen (secondary N) is 2. The van der Waals surface area contributed by atoms with Crippen LogP contribution in [0, 0.1) is 0 Å². The fourth-order valence-corrected chi connectivity index (χ4v) is 6.11. The summed E-state index contributed by atoms with van der Waals surface area (Å²) in [4.78, 5) is 30.4. The number of anilines is 1. The van der Waals surface area contributed by atoms with Gasteiger partial charge in [0.15, 0.2) is 0 Å². The van der Waals surface area contributed by atoms with E-state index in [0.29, 0.717) is 0 Å². The van der Waals surface area contributed by atoms with Gasteiger partial charge in [0.1, 0.15) is 5.56 Å². The highest BCUT2D eigenvalue weighted by atomic mass is 16.3. The van der Waals surface area contributed by atoms with Gasteiger partial charge in [-0.25, -0.2) is 4.79 Å². The average molecular weight is 599 g/mol. The van der Waals surface area contributed by atoms with Gasteiger partial charge in [0.2, 0.25) is 5.88 Å². The molecule has 0 radical (unpaired) electrons. The van der Waals surface area contributed by atoms with Crippen molar-refractivity contribution in [3.63, 3.8) is 0 Å². The molecular weight excluding hydrogens is 548 g/mol. The minimum Gasteiger partial charge on any atom is -0.494 e. The van der Waals surface area contributed by atoms with Crippen LogP contribution in [-0.4, -0.2) is 32.7 Å². The third kappa shape index (κ3) is 8.57. The van der Waals surface area contributed by atoms with Crippen molar-refractivity contribution in [2.45, 2.75) is 104 Å². The Balaban J connectivity index is 1.62. The number of aromatic hydroxyl groups is 1. The van der Waals surface area contributed by atoms with Gasteiger partial charge in [-0.15, -0.1) is 5.73 Å². The number of aromatic amines is 2. The van der Waals surface area contributed by atoms with E-state index in [9.17, 15) is 14.7 Å². The molecular formula is C37H50N4O3. The van der Waals surface area contributed by atoms with Gasteiger partial charge in [-0.2, -0.15) is 0 Å². The van der Waals surface area contributed by atoms with Crippen molar-refractivity contribution < 1.29 is 5.11 Å². The Hall–Kier alpha value is -3.96. The Labute approximate surface area is 261 Å². The van der Waals surface area contributed by atoms with Crippen LogP contribution in [0.3, 0.4) is 0 Å². The summed E-state index contributed by atoms with van der Waals surface area (Å²) in [7, 11) is 0. The lowest BCUT2D eigenvalue weighted by molar-refractivity contribution is 0.447. The number of hydrogen-bond donors (Lipinski definition) is 3. The van der Waals surface area contributed by atoms with Crippen LogP contribution >= 0.6 is 0 Å². The van der Waals surface area contributed by atoms with E-state index in [1.54, 1.807) is 6.08 Å². The maximum Gasteiger partial charge on any atom is 0.328 e. The van der Waals surface area contributed by atoms with E-state index >= 15 is 0 Å². The number of aryl methyl sites for hydroxylation is 1. The normalized spacial score (nSPS) is 11.2. The summed E-state index contributed by atoms with van der Waals surface area (Å²) in [5.41, 5.74) is 6.20. The largest absolute Gasteiger partial charge is 0.494 e. The molecule has 3 N–H and O–H groups in total. The summed E-state index contributed by atoms with van der Waals surface area (Å²) in [6.07, 6.45) is 18.7. The number of fused-ring (bicyclic) bond motifs is 3. The van der Waals surface area contributed by atoms with E-state index < -0.39 is 17.1 Å². The first kappa shape index (κ1) is 32.9. The molecule has 0 aliphatic heterocycles. The van der Waals surface area contributed by atoms with E-state index in [1.807, 2.05) is 6.07 Å². The highest BCUT2D eigenvalue weighted by molar-refractivity contribution is 6.09. The molecule has 0 saturated heterocycles. The number of hydrogen-bond acceptors (Lipinski definition) is 4. The quantitative estimate of drug-likeness (QED) is 0.0788. The second-order valence-electron chi connectivity index (χ2n) is 11.9. The van der Waals surface area contributed by atoms with E-state index in [-0.39, 0.29) is 5.56 Å². The zero-order chi connectivity index (χ0) is 31.3. The van der Waals surface area contributed by atoms with Crippen molar-refractivity contribution in [2.24, 2.45) is 0 Å². The summed E-state index contributed by atoms with van der Waals surface area (Å²) in [5, 5.41) is 12.4. The lowest BCUT2D eigenvalue weighted by atomic mass is 10.1. The Bertz CT molecular complexity index is 1670. The Morgan fingerprint density at radius 1 is 0.750 bits per heavy atom. The van der Waals surface area contributed by atoms with Gasteiger partial charge in [-0.3, -0.25) is 14.8 Å². The van der Waals surface area contributed by atoms with Crippen molar-refractivity contribution in [3.05, 3.63) is 74.1 Å². The third-order valence-corrected chi connectivity index (χ3v) is 8.55. The van der Waals surface area contributed by atoms with Gasteiger partial charge in [0.25, 0.3) is 5.56 Å². The van der Waals surface area contributed by atoms with Crippen molar-refractivity contribution in [1.29, 1.82) is 0 Å². The standard InChI is InChI=1S/C37H50N4O3/c1-4-7-9-11-13-15-24-40(25-16-14-12-10-8-5-2)29-21-23-34-32(27-29)31-26-28(20-22-33(31)41(34)6-3)18-17-19-30-35(42)38-37(44)39-36(30)43/h18-23,26-27H,4-16,24-25H2,1-3H3,(H3,38,39,42,43,44). The van der Waals surface area contributed by atoms with Gasteiger partial charge in [0.05, 0.1) is 0 Å². The van der Waals surface area contributed by atoms with E-state index in [4.69, 9.17) is 0 Å². The predicted molar refractivity (Wildman–Crippen MR) is 186 cm³/mol. The predicted octanol–water partition coefficient (Wildman–Crippen LogP) is 8.75. The summed E-state index contributed by atoms with van der Waals surface area (Å²) in [5.74, 6) is -0.472. The summed E-state index contributed by atoms with van der Waals surface area (Å²) in [6.45, 7) is 9.78. The number of aromatic nitrogens is 3. The maximum absolute atomic E-state index is 12.1. The van der Waals surface area contributed by atoms with Gasteiger partial charge < -0.3 is 14.6 Å². The molecule has 0 atom stereocenters. The minimum absolute atomic E-state index is 0.0371. The fourth-order valence-electron chi connectivity index (χ4n) is 6.11. The molecule has 0 bridgehead atoms. The molecule has 4 rings (SSSR count). The van der Waals surface area contributed by atoms with Crippen LogP contribution in [0.1, 0.15) is 109 Å². The van der Waals surface area contributed by atoms with E-state index in [1.165, 1.54) is 111 Å². The Morgan fingerprint density at radius 2 is 1.34 bits per heavy atom. The number of nitrogens with zero attached hydrogens (tertiary/aromatic N) is 2. The molecule has 0 spiro atoms. The highest BCUT2D eigenvalue weighted by Crippen LogP contribution is 2.33. The topological polar surface area (TPSA) is 94.1 Å². The second-order valence-corrected chi connectivity index (χ2v) is 11.9. The first-order valence-corrected chi connectivity index (χ1v) is 16.8. The average Bonchev–Trinajstić information content (AvgIpc) is 3.33. The third-order valence-electron chi connectivity index (χ3n) is 8.55. The van der Waals surface area contributed by atoms with Crippen LogP contribution in [0.2, 0.25) is 0 Å². The SMILES string of the molecule is CCCCCCCCN(CCCCCCCC)c1ccc2c(c1)c1cc(C=C=Cc3c(O)[nH]c(=O)[nH]c3=O)ccc1n2CC. The Morgan fingerprint density at radius 3 is 1.95 bits per heavy atom.